The highest BCUT2D eigenvalue weighted by Gasteiger charge is 2.27. The van der Waals surface area contributed by atoms with Crippen molar-refractivity contribution in [1.82, 2.24) is 14.9 Å². The fourth-order valence-electron chi connectivity index (χ4n) is 2.37. The Labute approximate surface area is 124 Å². The molecule has 0 radical (unpaired) electrons. The van der Waals surface area contributed by atoms with Gasteiger partial charge in [-0.25, -0.2) is 4.98 Å². The molecule has 0 N–H and O–H groups in total. The molecule has 0 aromatic carbocycles. The average molecular weight is 294 g/mol. The smallest absolute Gasteiger partial charge is 0.251 e. The maximum absolute atomic E-state index is 12.2. The van der Waals surface area contributed by atoms with Gasteiger partial charge in [0.25, 0.3) is 5.91 Å². The maximum Gasteiger partial charge on any atom is 0.251 e. The summed E-state index contributed by atoms with van der Waals surface area (Å²) in [7, 11) is 3.16. The standard InChI is InChI=1S/C14H22N4O3/c1-4-11(20-2)13(19)17-7-9-18(10-8-17)14-15-6-5-12(16-14)21-3/h5-6,11H,4,7-10H2,1-3H3. The van der Waals surface area contributed by atoms with Crippen molar-refractivity contribution in [3.05, 3.63) is 12.3 Å². The van der Waals surface area contributed by atoms with Crippen molar-refractivity contribution in [2.24, 2.45) is 0 Å². The summed E-state index contributed by atoms with van der Waals surface area (Å²) >= 11 is 0. The number of hydrogen-bond acceptors (Lipinski definition) is 6. The van der Waals surface area contributed by atoms with Crippen LogP contribution in [0, 0.1) is 0 Å². The molecule has 116 valence electrons. The van der Waals surface area contributed by atoms with Crippen LogP contribution in [0.3, 0.4) is 0 Å². The summed E-state index contributed by atoms with van der Waals surface area (Å²) in [6.07, 6.45) is 2.02. The number of aromatic nitrogens is 2. The predicted octanol–water partition coefficient (Wildman–Crippen LogP) is 0.559. The minimum atomic E-state index is -0.343. The third-order valence-corrected chi connectivity index (χ3v) is 3.63. The SMILES string of the molecule is CCC(OC)C(=O)N1CCN(c2nccc(OC)n2)CC1. The molecule has 2 heterocycles. The molecule has 1 saturated heterocycles. The largest absolute Gasteiger partial charge is 0.481 e. The molecule has 21 heavy (non-hydrogen) atoms. The van der Waals surface area contributed by atoms with Gasteiger partial charge >= 0.3 is 0 Å². The fraction of sp³-hybridized carbons (Fsp3) is 0.643. The van der Waals surface area contributed by atoms with Crippen LogP contribution in [0.1, 0.15) is 13.3 Å². The number of amides is 1. The van der Waals surface area contributed by atoms with Crippen LogP contribution in [-0.2, 0) is 9.53 Å². The third kappa shape index (κ3) is 3.60. The first-order chi connectivity index (χ1) is 10.2. The van der Waals surface area contributed by atoms with Gasteiger partial charge in [-0.05, 0) is 6.42 Å². The normalized spacial score (nSPS) is 16.7. The quantitative estimate of drug-likeness (QED) is 0.790. The van der Waals surface area contributed by atoms with Crippen molar-refractivity contribution in [2.45, 2.75) is 19.4 Å². The van der Waals surface area contributed by atoms with Gasteiger partial charge in [0.1, 0.15) is 6.10 Å². The van der Waals surface area contributed by atoms with E-state index in [-0.39, 0.29) is 12.0 Å². The number of piperazine rings is 1. The van der Waals surface area contributed by atoms with Crippen molar-refractivity contribution in [1.29, 1.82) is 0 Å². The summed E-state index contributed by atoms with van der Waals surface area (Å²) in [4.78, 5) is 24.7. The highest BCUT2D eigenvalue weighted by molar-refractivity contribution is 5.81. The van der Waals surface area contributed by atoms with Crippen molar-refractivity contribution >= 4 is 11.9 Å². The van der Waals surface area contributed by atoms with Crippen LogP contribution in [0.4, 0.5) is 5.95 Å². The summed E-state index contributed by atoms with van der Waals surface area (Å²) in [5.74, 6) is 1.25. The van der Waals surface area contributed by atoms with Gasteiger partial charge in [0, 0.05) is 45.6 Å². The minimum absolute atomic E-state index is 0.0613. The summed E-state index contributed by atoms with van der Waals surface area (Å²) in [6.45, 7) is 4.67. The highest BCUT2D eigenvalue weighted by Crippen LogP contribution is 2.15. The molecule has 2 rings (SSSR count). The van der Waals surface area contributed by atoms with E-state index in [9.17, 15) is 4.79 Å². The molecule has 1 fully saturated rings. The number of anilines is 1. The number of methoxy groups -OCH3 is 2. The lowest BCUT2D eigenvalue weighted by molar-refractivity contribution is -0.142. The summed E-state index contributed by atoms with van der Waals surface area (Å²) in [5, 5.41) is 0. The molecule has 7 nitrogen and oxygen atoms in total. The predicted molar refractivity (Wildman–Crippen MR) is 78.5 cm³/mol. The number of hydrogen-bond donors (Lipinski definition) is 0. The van der Waals surface area contributed by atoms with Gasteiger partial charge in [-0.3, -0.25) is 4.79 Å². The maximum atomic E-state index is 12.2. The Bertz CT molecular complexity index is 471. The molecule has 1 aliphatic rings. The minimum Gasteiger partial charge on any atom is -0.481 e. The molecule has 0 bridgehead atoms. The number of rotatable bonds is 5. The van der Waals surface area contributed by atoms with Crippen LogP contribution in [0.5, 0.6) is 5.88 Å². The van der Waals surface area contributed by atoms with E-state index in [0.29, 0.717) is 44.4 Å². The first-order valence-electron chi connectivity index (χ1n) is 7.13. The zero-order valence-corrected chi connectivity index (χ0v) is 12.8. The fourth-order valence-corrected chi connectivity index (χ4v) is 2.37. The molecular weight excluding hydrogens is 272 g/mol. The van der Waals surface area contributed by atoms with Crippen LogP contribution >= 0.6 is 0 Å². The molecule has 1 aromatic rings. The third-order valence-electron chi connectivity index (χ3n) is 3.63. The van der Waals surface area contributed by atoms with E-state index in [0.717, 1.165) is 0 Å². The summed E-state index contributed by atoms with van der Waals surface area (Å²) < 4.78 is 10.3. The number of nitrogens with zero attached hydrogens (tertiary/aromatic N) is 4. The van der Waals surface area contributed by atoms with Crippen LogP contribution in [0.25, 0.3) is 0 Å². The number of ether oxygens (including phenoxy) is 2. The average Bonchev–Trinajstić information content (AvgIpc) is 2.56. The molecule has 1 aromatic heterocycles. The molecule has 1 atom stereocenters. The Kier molecular flexibility index (Phi) is 5.32. The second-order valence-electron chi connectivity index (χ2n) is 4.84. The van der Waals surface area contributed by atoms with Gasteiger partial charge in [0.15, 0.2) is 0 Å². The van der Waals surface area contributed by atoms with Gasteiger partial charge in [-0.15, -0.1) is 0 Å². The van der Waals surface area contributed by atoms with Crippen LogP contribution in [-0.4, -0.2) is 67.3 Å². The lowest BCUT2D eigenvalue weighted by Crippen LogP contribution is -2.52. The van der Waals surface area contributed by atoms with Gasteiger partial charge in [0.2, 0.25) is 11.8 Å². The molecule has 1 aliphatic heterocycles. The van der Waals surface area contributed by atoms with E-state index >= 15 is 0 Å². The lowest BCUT2D eigenvalue weighted by Gasteiger charge is -2.36. The van der Waals surface area contributed by atoms with E-state index < -0.39 is 0 Å². The summed E-state index contributed by atoms with van der Waals surface area (Å²) in [6, 6.07) is 1.72. The highest BCUT2D eigenvalue weighted by atomic mass is 16.5. The van der Waals surface area contributed by atoms with Gasteiger partial charge < -0.3 is 19.3 Å². The van der Waals surface area contributed by atoms with Crippen molar-refractivity contribution in [2.75, 3.05) is 45.3 Å². The second-order valence-corrected chi connectivity index (χ2v) is 4.84. The van der Waals surface area contributed by atoms with E-state index in [2.05, 4.69) is 14.9 Å². The molecule has 0 spiro atoms. The molecular formula is C14H22N4O3. The Hall–Kier alpha value is -1.89. The van der Waals surface area contributed by atoms with Crippen molar-refractivity contribution < 1.29 is 14.3 Å². The van der Waals surface area contributed by atoms with Crippen molar-refractivity contribution in [3.63, 3.8) is 0 Å². The summed E-state index contributed by atoms with van der Waals surface area (Å²) in [5.41, 5.74) is 0. The van der Waals surface area contributed by atoms with Gasteiger partial charge in [-0.2, -0.15) is 4.98 Å². The van der Waals surface area contributed by atoms with Gasteiger partial charge in [0.05, 0.1) is 7.11 Å². The Morgan fingerprint density at radius 2 is 2.05 bits per heavy atom. The van der Waals surface area contributed by atoms with E-state index in [1.54, 1.807) is 26.5 Å². The molecule has 7 heteroatoms. The van der Waals surface area contributed by atoms with E-state index in [4.69, 9.17) is 9.47 Å². The first-order valence-corrected chi connectivity index (χ1v) is 7.13. The molecule has 1 unspecified atom stereocenters. The molecule has 0 saturated carbocycles. The van der Waals surface area contributed by atoms with E-state index in [1.807, 2.05) is 11.8 Å². The Morgan fingerprint density at radius 1 is 1.33 bits per heavy atom. The zero-order valence-electron chi connectivity index (χ0n) is 12.8. The number of carbonyl (C=O) groups is 1. The van der Waals surface area contributed by atoms with Crippen LogP contribution < -0.4 is 9.64 Å². The lowest BCUT2D eigenvalue weighted by atomic mass is 10.2. The Morgan fingerprint density at radius 3 is 2.62 bits per heavy atom. The molecule has 1 amide bonds. The van der Waals surface area contributed by atoms with Crippen LogP contribution in [0.15, 0.2) is 12.3 Å². The first kappa shape index (κ1) is 15.5. The molecule has 0 aliphatic carbocycles. The zero-order chi connectivity index (χ0) is 15.2. The van der Waals surface area contributed by atoms with Gasteiger partial charge in [-0.1, -0.05) is 6.92 Å². The monoisotopic (exact) mass is 294 g/mol. The Balaban J connectivity index is 1.95. The number of carbonyl (C=O) groups excluding carboxylic acids is 1. The van der Waals surface area contributed by atoms with Crippen LogP contribution in [0.2, 0.25) is 0 Å². The van der Waals surface area contributed by atoms with E-state index in [1.165, 1.54) is 0 Å². The van der Waals surface area contributed by atoms with Crippen molar-refractivity contribution in [3.8, 4) is 5.88 Å². The second kappa shape index (κ2) is 7.21. The topological polar surface area (TPSA) is 67.8 Å².